The maximum atomic E-state index is 11.6. The predicted molar refractivity (Wildman–Crippen MR) is 115 cm³/mol. The van der Waals surface area contributed by atoms with E-state index in [9.17, 15) is 14.7 Å². The molecule has 2 aliphatic carbocycles. The minimum Gasteiger partial charge on any atom is -0.481 e. The number of esters is 1. The van der Waals surface area contributed by atoms with Gasteiger partial charge in [-0.1, -0.05) is 30.7 Å². The Hall–Kier alpha value is -2.10. The molecule has 6 atom stereocenters. The van der Waals surface area contributed by atoms with Gasteiger partial charge >= 0.3 is 11.9 Å². The van der Waals surface area contributed by atoms with E-state index in [4.69, 9.17) is 15.6 Å². The van der Waals surface area contributed by atoms with Crippen LogP contribution in [0.25, 0.3) is 0 Å². The number of carboxylic acids is 1. The molecular formula is C24H35NO5. The SMILES string of the molecule is CC#CCC(C)C(O)C=CC1C(OC(C)=O)CC2CC(=CCCCC(=O)O)CC21N. The molecule has 166 valence electrons. The van der Waals surface area contributed by atoms with Gasteiger partial charge in [0, 0.05) is 31.2 Å². The Morgan fingerprint density at radius 3 is 2.80 bits per heavy atom. The van der Waals surface area contributed by atoms with Crippen molar-refractivity contribution in [1.29, 1.82) is 0 Å². The second-order valence-electron chi connectivity index (χ2n) is 8.73. The zero-order chi connectivity index (χ0) is 22.3. The van der Waals surface area contributed by atoms with Crippen molar-refractivity contribution in [2.75, 3.05) is 0 Å². The molecule has 0 aromatic carbocycles. The summed E-state index contributed by atoms with van der Waals surface area (Å²) < 4.78 is 5.58. The zero-order valence-corrected chi connectivity index (χ0v) is 18.3. The van der Waals surface area contributed by atoms with E-state index in [1.807, 2.05) is 13.0 Å². The van der Waals surface area contributed by atoms with Crippen LogP contribution in [-0.4, -0.2) is 39.9 Å². The van der Waals surface area contributed by atoms with Gasteiger partial charge in [-0.05, 0) is 50.9 Å². The first-order chi connectivity index (χ1) is 14.2. The molecule has 0 saturated heterocycles. The number of nitrogens with two attached hydrogens (primary N) is 1. The largest absolute Gasteiger partial charge is 0.481 e. The Kier molecular flexibility index (Phi) is 8.69. The molecule has 0 aromatic rings. The summed E-state index contributed by atoms with van der Waals surface area (Å²) in [6.07, 6.45) is 9.26. The standard InChI is InChI=1S/C24H35NO5/c1-4-5-8-16(2)21(27)12-11-20-22(30-17(3)26)14-19-13-18(15-24(19,20)25)9-6-7-10-23(28)29/h9,11-12,16,19-22,27H,6-8,10,13-15,25H2,1-3H3,(H,28,29). The third-order valence-electron chi connectivity index (χ3n) is 6.38. The first kappa shape index (κ1) is 24.2. The van der Waals surface area contributed by atoms with Crippen LogP contribution in [0.4, 0.5) is 0 Å². The average Bonchev–Trinajstić information content (AvgIpc) is 3.10. The van der Waals surface area contributed by atoms with Gasteiger partial charge in [0.15, 0.2) is 0 Å². The number of carboxylic acid groups (broad SMARTS) is 1. The molecule has 2 rings (SSSR count). The Labute approximate surface area is 179 Å². The molecular weight excluding hydrogens is 382 g/mol. The number of aliphatic hydroxyl groups excluding tert-OH is 1. The first-order valence-electron chi connectivity index (χ1n) is 10.8. The van der Waals surface area contributed by atoms with Crippen LogP contribution in [0.2, 0.25) is 0 Å². The van der Waals surface area contributed by atoms with Crippen molar-refractivity contribution < 1.29 is 24.5 Å². The van der Waals surface area contributed by atoms with Crippen LogP contribution in [0.5, 0.6) is 0 Å². The normalized spacial score (nSPS) is 31.2. The maximum absolute atomic E-state index is 11.6. The second kappa shape index (κ2) is 10.8. The van der Waals surface area contributed by atoms with E-state index in [1.54, 1.807) is 13.0 Å². The van der Waals surface area contributed by atoms with Crippen LogP contribution >= 0.6 is 0 Å². The quantitative estimate of drug-likeness (QED) is 0.230. The molecule has 6 nitrogen and oxygen atoms in total. The predicted octanol–water partition coefficient (Wildman–Crippen LogP) is 3.19. The van der Waals surface area contributed by atoms with E-state index in [1.165, 1.54) is 12.5 Å². The number of aliphatic carboxylic acids is 1. The molecule has 6 unspecified atom stereocenters. The lowest BCUT2D eigenvalue weighted by Crippen LogP contribution is -2.47. The summed E-state index contributed by atoms with van der Waals surface area (Å²) in [5, 5.41) is 19.3. The van der Waals surface area contributed by atoms with Crippen LogP contribution in [0.15, 0.2) is 23.8 Å². The molecule has 0 spiro atoms. The molecule has 4 N–H and O–H groups in total. The maximum Gasteiger partial charge on any atom is 0.303 e. The lowest BCUT2D eigenvalue weighted by molar-refractivity contribution is -0.147. The number of carbonyl (C=O) groups is 2. The van der Waals surface area contributed by atoms with Gasteiger partial charge in [0.25, 0.3) is 0 Å². The van der Waals surface area contributed by atoms with E-state index in [0.717, 1.165) is 12.8 Å². The fraction of sp³-hybridized carbons (Fsp3) is 0.667. The van der Waals surface area contributed by atoms with Gasteiger partial charge in [0.2, 0.25) is 0 Å². The monoisotopic (exact) mass is 417 g/mol. The van der Waals surface area contributed by atoms with Gasteiger partial charge in [0.05, 0.1) is 6.10 Å². The molecule has 2 fully saturated rings. The van der Waals surface area contributed by atoms with Crippen molar-refractivity contribution in [3.8, 4) is 11.8 Å². The van der Waals surface area contributed by atoms with Crippen LogP contribution in [-0.2, 0) is 14.3 Å². The number of rotatable bonds is 9. The van der Waals surface area contributed by atoms with E-state index in [-0.39, 0.29) is 36.2 Å². The number of fused-ring (bicyclic) bond motifs is 1. The highest BCUT2D eigenvalue weighted by Gasteiger charge is 2.56. The zero-order valence-electron chi connectivity index (χ0n) is 18.3. The van der Waals surface area contributed by atoms with Crippen LogP contribution in [0.3, 0.4) is 0 Å². The van der Waals surface area contributed by atoms with Gasteiger partial charge in [-0.25, -0.2) is 0 Å². The molecule has 0 heterocycles. The van der Waals surface area contributed by atoms with E-state index >= 15 is 0 Å². The topological polar surface area (TPSA) is 110 Å². The van der Waals surface area contributed by atoms with Crippen LogP contribution in [0.1, 0.15) is 65.7 Å². The Morgan fingerprint density at radius 1 is 1.43 bits per heavy atom. The number of aliphatic hydroxyl groups is 1. The number of carbonyl (C=O) groups excluding carboxylic acids is 1. The van der Waals surface area contributed by atoms with Gasteiger partial charge < -0.3 is 20.7 Å². The van der Waals surface area contributed by atoms with E-state index in [2.05, 4.69) is 17.9 Å². The minimum absolute atomic E-state index is 0.0000649. The Balaban J connectivity index is 2.12. The van der Waals surface area contributed by atoms with Gasteiger partial charge in [-0.3, -0.25) is 9.59 Å². The molecule has 30 heavy (non-hydrogen) atoms. The molecule has 0 bridgehead atoms. The molecule has 6 heteroatoms. The van der Waals surface area contributed by atoms with E-state index in [0.29, 0.717) is 25.7 Å². The molecule has 0 aromatic heterocycles. The van der Waals surface area contributed by atoms with Crippen molar-refractivity contribution in [2.45, 2.75) is 83.5 Å². The summed E-state index contributed by atoms with van der Waals surface area (Å²) >= 11 is 0. The fourth-order valence-electron chi connectivity index (χ4n) is 4.74. The number of unbranched alkanes of at least 4 members (excludes halogenated alkanes) is 1. The van der Waals surface area contributed by atoms with Gasteiger partial charge in [-0.15, -0.1) is 11.8 Å². The summed E-state index contributed by atoms with van der Waals surface area (Å²) in [4.78, 5) is 22.3. The summed E-state index contributed by atoms with van der Waals surface area (Å²) in [5.41, 5.74) is 7.60. The van der Waals surface area contributed by atoms with Crippen molar-refractivity contribution in [1.82, 2.24) is 0 Å². The Bertz CT molecular complexity index is 746. The average molecular weight is 418 g/mol. The smallest absolute Gasteiger partial charge is 0.303 e. The highest BCUT2D eigenvalue weighted by atomic mass is 16.5. The lowest BCUT2D eigenvalue weighted by Gasteiger charge is -2.31. The summed E-state index contributed by atoms with van der Waals surface area (Å²) in [7, 11) is 0. The minimum atomic E-state index is -0.779. The van der Waals surface area contributed by atoms with Crippen LogP contribution < -0.4 is 5.73 Å². The highest BCUT2D eigenvalue weighted by Crippen LogP contribution is 2.53. The lowest BCUT2D eigenvalue weighted by atomic mass is 9.82. The number of ether oxygens (including phenoxy) is 1. The second-order valence-corrected chi connectivity index (χ2v) is 8.73. The van der Waals surface area contributed by atoms with E-state index < -0.39 is 17.6 Å². The van der Waals surface area contributed by atoms with Crippen LogP contribution in [0, 0.1) is 29.6 Å². The van der Waals surface area contributed by atoms with Crippen molar-refractivity contribution >= 4 is 11.9 Å². The number of hydrogen-bond acceptors (Lipinski definition) is 5. The Morgan fingerprint density at radius 2 is 2.17 bits per heavy atom. The van der Waals surface area contributed by atoms with Crippen molar-refractivity contribution in [3.05, 3.63) is 23.8 Å². The third-order valence-corrected chi connectivity index (χ3v) is 6.38. The summed E-state index contributed by atoms with van der Waals surface area (Å²) in [5.74, 6) is 4.76. The molecule has 0 aliphatic heterocycles. The van der Waals surface area contributed by atoms with Crippen molar-refractivity contribution in [2.24, 2.45) is 23.5 Å². The van der Waals surface area contributed by atoms with Gasteiger partial charge in [0.1, 0.15) is 6.10 Å². The summed E-state index contributed by atoms with van der Waals surface area (Å²) in [6, 6.07) is 0. The van der Waals surface area contributed by atoms with Crippen molar-refractivity contribution in [3.63, 3.8) is 0 Å². The first-order valence-corrected chi connectivity index (χ1v) is 10.8. The highest BCUT2D eigenvalue weighted by molar-refractivity contribution is 5.66. The molecule has 0 amide bonds. The molecule has 2 saturated carbocycles. The third kappa shape index (κ3) is 6.20. The van der Waals surface area contributed by atoms with Gasteiger partial charge in [-0.2, -0.15) is 0 Å². The molecule has 2 aliphatic rings. The summed E-state index contributed by atoms with van der Waals surface area (Å²) in [6.45, 7) is 5.14. The fourth-order valence-corrected chi connectivity index (χ4v) is 4.74. The molecule has 0 radical (unpaired) electrons. The number of allylic oxidation sites excluding steroid dienone is 1. The number of hydrogen-bond donors (Lipinski definition) is 3.